The van der Waals surface area contributed by atoms with E-state index in [2.05, 4.69) is 31.0 Å². The highest BCUT2D eigenvalue weighted by Crippen LogP contribution is 2.26. The van der Waals surface area contributed by atoms with E-state index in [-0.39, 0.29) is 5.95 Å². The third kappa shape index (κ3) is 1.40. The summed E-state index contributed by atoms with van der Waals surface area (Å²) < 4.78 is 3.30. The minimum absolute atomic E-state index is 0.223. The Balaban J connectivity index is 2.33. The predicted octanol–water partition coefficient (Wildman–Crippen LogP) is 2.22. The lowest BCUT2D eigenvalue weighted by molar-refractivity contribution is 0.837. The van der Waals surface area contributed by atoms with Crippen LogP contribution in [0.15, 0.2) is 28.4 Å². The quantitative estimate of drug-likeness (QED) is 0.747. The lowest BCUT2D eigenvalue weighted by atomic mass is 10.3. The van der Waals surface area contributed by atoms with Crippen LogP contribution in [0.2, 0.25) is 0 Å². The van der Waals surface area contributed by atoms with E-state index in [4.69, 9.17) is 5.73 Å². The Labute approximate surface area is 103 Å². The normalized spacial score (nSPS) is 11.1. The van der Waals surface area contributed by atoms with Crippen LogP contribution in [0.3, 0.4) is 0 Å². The van der Waals surface area contributed by atoms with Crippen molar-refractivity contribution in [2.24, 2.45) is 0 Å². The Hall–Kier alpha value is -1.47. The first-order valence-corrected chi connectivity index (χ1v) is 6.13. The number of rotatable bonds is 1. The van der Waals surface area contributed by atoms with E-state index in [1.54, 1.807) is 22.2 Å². The molecule has 0 aliphatic heterocycles. The summed E-state index contributed by atoms with van der Waals surface area (Å²) in [7, 11) is 0. The second kappa shape index (κ2) is 3.53. The molecule has 0 aromatic carbocycles. The third-order valence-corrected chi connectivity index (χ3v) is 3.54. The van der Waals surface area contributed by atoms with E-state index >= 15 is 0 Å². The fraction of sp³-hybridized carbons (Fsp3) is 0. The Morgan fingerprint density at radius 2 is 2.25 bits per heavy atom. The van der Waals surface area contributed by atoms with Crippen molar-refractivity contribution in [2.45, 2.75) is 0 Å². The van der Waals surface area contributed by atoms with Gasteiger partial charge < -0.3 is 5.73 Å². The van der Waals surface area contributed by atoms with E-state index in [1.807, 2.05) is 17.5 Å². The summed E-state index contributed by atoms with van der Waals surface area (Å²) >= 11 is 4.96. The van der Waals surface area contributed by atoms with Crippen molar-refractivity contribution < 1.29 is 0 Å². The number of nitrogens with zero attached hydrogens (tertiary/aromatic N) is 4. The van der Waals surface area contributed by atoms with Crippen LogP contribution in [0.1, 0.15) is 0 Å². The van der Waals surface area contributed by atoms with Gasteiger partial charge in [0.1, 0.15) is 0 Å². The summed E-state index contributed by atoms with van der Waals surface area (Å²) in [5.41, 5.74) is 5.54. The summed E-state index contributed by atoms with van der Waals surface area (Å²) in [5, 5.41) is 7.15. The van der Waals surface area contributed by atoms with Gasteiger partial charge in [-0.15, -0.1) is 16.4 Å². The number of fused-ring (bicyclic) bond motifs is 1. The first-order valence-electron chi connectivity index (χ1n) is 4.46. The maximum atomic E-state index is 5.54. The fourth-order valence-electron chi connectivity index (χ4n) is 1.49. The molecule has 7 heteroatoms. The number of hydrogen-bond donors (Lipinski definition) is 1. The Morgan fingerprint density at radius 3 is 3.00 bits per heavy atom. The second-order valence-corrected chi connectivity index (χ2v) is 4.77. The van der Waals surface area contributed by atoms with Gasteiger partial charge in [-0.2, -0.15) is 9.67 Å². The van der Waals surface area contributed by atoms with Gasteiger partial charge in [0, 0.05) is 16.3 Å². The van der Waals surface area contributed by atoms with E-state index in [0.717, 1.165) is 15.9 Å². The predicted molar refractivity (Wildman–Crippen MR) is 66.6 cm³/mol. The number of nitrogens with two attached hydrogens (primary N) is 1. The number of thiophene rings is 1. The number of aromatic nitrogens is 4. The van der Waals surface area contributed by atoms with Gasteiger partial charge in [0.05, 0.1) is 0 Å². The van der Waals surface area contributed by atoms with Crippen LogP contribution in [0.4, 0.5) is 5.95 Å². The molecule has 0 spiro atoms. The zero-order chi connectivity index (χ0) is 11.1. The minimum atomic E-state index is 0.223. The van der Waals surface area contributed by atoms with E-state index in [1.165, 1.54) is 0 Å². The maximum absolute atomic E-state index is 5.54. The van der Waals surface area contributed by atoms with Crippen molar-refractivity contribution in [2.75, 3.05) is 5.73 Å². The van der Waals surface area contributed by atoms with Crippen LogP contribution in [0.5, 0.6) is 0 Å². The summed E-state index contributed by atoms with van der Waals surface area (Å²) in [6.07, 6.45) is 1.75. The number of hydrogen-bond acceptors (Lipinski definition) is 5. The largest absolute Gasteiger partial charge is 0.366 e. The lowest BCUT2D eigenvalue weighted by Gasteiger charge is -2.01. The van der Waals surface area contributed by atoms with E-state index < -0.39 is 0 Å². The molecule has 0 bridgehead atoms. The number of anilines is 1. The zero-order valence-corrected chi connectivity index (χ0v) is 10.4. The van der Waals surface area contributed by atoms with Crippen LogP contribution < -0.4 is 5.73 Å². The van der Waals surface area contributed by atoms with Gasteiger partial charge in [0.15, 0.2) is 5.82 Å². The van der Waals surface area contributed by atoms with Gasteiger partial charge in [-0.1, -0.05) is 0 Å². The van der Waals surface area contributed by atoms with Crippen molar-refractivity contribution in [3.63, 3.8) is 0 Å². The van der Waals surface area contributed by atoms with Gasteiger partial charge in [-0.05, 0) is 33.4 Å². The molecule has 0 aliphatic carbocycles. The molecule has 0 fully saturated rings. The molecule has 16 heavy (non-hydrogen) atoms. The summed E-state index contributed by atoms with van der Waals surface area (Å²) in [4.78, 5) is 8.29. The van der Waals surface area contributed by atoms with Crippen molar-refractivity contribution in [1.82, 2.24) is 19.7 Å². The molecule has 3 aromatic rings. The second-order valence-electron chi connectivity index (χ2n) is 3.12. The molecule has 0 saturated carbocycles. The molecule has 3 rings (SSSR count). The van der Waals surface area contributed by atoms with Gasteiger partial charge in [-0.25, -0.2) is 4.98 Å². The summed E-state index contributed by atoms with van der Waals surface area (Å²) in [5.74, 6) is 0.954. The van der Waals surface area contributed by atoms with Crippen LogP contribution in [0.25, 0.3) is 15.9 Å². The average Bonchev–Trinajstić information content (AvgIpc) is 2.84. The molecule has 0 amide bonds. The Kier molecular flexibility index (Phi) is 2.15. The smallest absolute Gasteiger partial charge is 0.240 e. The molecular weight excluding hydrogens is 290 g/mol. The third-order valence-electron chi connectivity index (χ3n) is 2.14. The van der Waals surface area contributed by atoms with Crippen molar-refractivity contribution in [1.29, 1.82) is 0 Å². The van der Waals surface area contributed by atoms with Crippen LogP contribution in [-0.2, 0) is 0 Å². The minimum Gasteiger partial charge on any atom is -0.366 e. The van der Waals surface area contributed by atoms with E-state index in [0.29, 0.717) is 4.73 Å². The average molecular weight is 296 g/mol. The van der Waals surface area contributed by atoms with E-state index in [9.17, 15) is 0 Å². The molecule has 3 aromatic heterocycles. The molecule has 0 radical (unpaired) electrons. The van der Waals surface area contributed by atoms with Gasteiger partial charge in [0.2, 0.25) is 10.7 Å². The lowest BCUT2D eigenvalue weighted by Crippen LogP contribution is -2.00. The monoisotopic (exact) mass is 295 g/mol. The molecule has 80 valence electrons. The molecule has 2 N–H and O–H groups in total. The van der Waals surface area contributed by atoms with Crippen LogP contribution in [-0.4, -0.2) is 19.7 Å². The molecule has 0 aliphatic rings. The maximum Gasteiger partial charge on any atom is 0.240 e. The molecule has 0 atom stereocenters. The molecule has 0 saturated heterocycles. The molecule has 3 heterocycles. The van der Waals surface area contributed by atoms with Gasteiger partial charge >= 0.3 is 0 Å². The molecule has 5 nitrogen and oxygen atoms in total. The van der Waals surface area contributed by atoms with Gasteiger partial charge in [0.25, 0.3) is 0 Å². The van der Waals surface area contributed by atoms with Crippen molar-refractivity contribution >= 4 is 43.3 Å². The topological polar surface area (TPSA) is 69.6 Å². The molecular formula is C9H6BrN5S. The fourth-order valence-corrected chi connectivity index (χ4v) is 2.70. The Bertz CT molecular complexity index is 659. The SMILES string of the molecule is Nc1nc(Br)n(-c2nccc3sccc23)n1. The number of nitrogen functional groups attached to an aromatic ring is 1. The summed E-state index contributed by atoms with van der Waals surface area (Å²) in [6.45, 7) is 0. The van der Waals surface area contributed by atoms with Crippen LogP contribution >= 0.6 is 27.3 Å². The highest BCUT2D eigenvalue weighted by atomic mass is 79.9. The first kappa shape index (κ1) is 9.73. The number of pyridine rings is 1. The Morgan fingerprint density at radius 1 is 1.38 bits per heavy atom. The van der Waals surface area contributed by atoms with Crippen LogP contribution in [0, 0.1) is 0 Å². The van der Waals surface area contributed by atoms with Gasteiger partial charge in [-0.3, -0.25) is 0 Å². The zero-order valence-electron chi connectivity index (χ0n) is 7.96. The first-order chi connectivity index (χ1) is 7.75. The standard InChI is InChI=1S/C9H6BrN5S/c10-8-13-9(11)14-15(8)7-5-2-4-16-6(5)1-3-12-7/h1-4H,(H2,11,14). The van der Waals surface area contributed by atoms with Crippen molar-refractivity contribution in [3.05, 3.63) is 28.4 Å². The number of halogens is 1. The summed E-state index contributed by atoms with van der Waals surface area (Å²) in [6, 6.07) is 3.98. The highest BCUT2D eigenvalue weighted by Gasteiger charge is 2.11. The highest BCUT2D eigenvalue weighted by molar-refractivity contribution is 9.10. The van der Waals surface area contributed by atoms with Crippen molar-refractivity contribution in [3.8, 4) is 5.82 Å². The molecule has 0 unspecified atom stereocenters.